The molecule has 0 aromatic heterocycles. The van der Waals surface area contributed by atoms with Gasteiger partial charge in [0.15, 0.2) is 0 Å². The fourth-order valence-corrected chi connectivity index (χ4v) is 2.04. The van der Waals surface area contributed by atoms with Crippen molar-refractivity contribution in [2.45, 2.75) is 26.3 Å². The van der Waals surface area contributed by atoms with Crippen LogP contribution in [0, 0.1) is 21.8 Å². The van der Waals surface area contributed by atoms with E-state index in [-0.39, 0.29) is 0 Å². The highest BCUT2D eigenvalue weighted by Crippen LogP contribution is 2.30. The molecular formula is C13H17FN2O2. The second-order valence-corrected chi connectivity index (χ2v) is 4.78. The molecule has 0 heterocycles. The molecule has 0 spiro atoms. The zero-order chi connectivity index (χ0) is 13.1. The molecule has 18 heavy (non-hydrogen) atoms. The van der Waals surface area contributed by atoms with Crippen molar-refractivity contribution in [3.8, 4) is 0 Å². The number of benzene rings is 1. The highest BCUT2D eigenvalue weighted by atomic mass is 19.1. The largest absolute Gasteiger partial charge is 0.305 e. The standard InChI is InChI=1S/C13H17FN2O2/c1-2-15(8-10-6-7-10)9-11-4-3-5-12(13(11)14)16(17)18/h3-5,10H,2,6-9H2,1H3. The lowest BCUT2D eigenvalue weighted by Crippen LogP contribution is -2.25. The molecule has 1 fully saturated rings. The van der Waals surface area contributed by atoms with Crippen LogP contribution in [0.25, 0.3) is 0 Å². The number of hydrogen-bond donors (Lipinski definition) is 0. The van der Waals surface area contributed by atoms with Crippen LogP contribution in [0.15, 0.2) is 18.2 Å². The second-order valence-electron chi connectivity index (χ2n) is 4.78. The Balaban J connectivity index is 2.11. The number of halogens is 1. The Morgan fingerprint density at radius 3 is 2.78 bits per heavy atom. The highest BCUT2D eigenvalue weighted by Gasteiger charge is 2.25. The minimum absolute atomic E-state index is 0.409. The molecule has 1 saturated carbocycles. The highest BCUT2D eigenvalue weighted by molar-refractivity contribution is 5.36. The smallest absolute Gasteiger partial charge is 0.299 e. The molecule has 0 aliphatic heterocycles. The Morgan fingerprint density at radius 1 is 1.50 bits per heavy atom. The summed E-state index contributed by atoms with van der Waals surface area (Å²) in [6, 6.07) is 4.37. The van der Waals surface area contributed by atoms with Crippen molar-refractivity contribution in [3.05, 3.63) is 39.7 Å². The van der Waals surface area contributed by atoms with E-state index in [4.69, 9.17) is 0 Å². The van der Waals surface area contributed by atoms with E-state index in [0.29, 0.717) is 12.1 Å². The van der Waals surface area contributed by atoms with E-state index in [2.05, 4.69) is 4.90 Å². The Bertz CT molecular complexity index is 447. The molecule has 1 aromatic carbocycles. The lowest BCUT2D eigenvalue weighted by atomic mass is 10.1. The summed E-state index contributed by atoms with van der Waals surface area (Å²) in [5, 5.41) is 10.7. The number of nitro groups is 1. The lowest BCUT2D eigenvalue weighted by Gasteiger charge is -2.20. The molecule has 5 heteroatoms. The van der Waals surface area contributed by atoms with Gasteiger partial charge in [-0.2, -0.15) is 4.39 Å². The molecule has 2 rings (SSSR count). The summed E-state index contributed by atoms with van der Waals surface area (Å²) in [7, 11) is 0. The topological polar surface area (TPSA) is 46.4 Å². The van der Waals surface area contributed by atoms with E-state index in [9.17, 15) is 14.5 Å². The zero-order valence-corrected chi connectivity index (χ0v) is 10.4. The van der Waals surface area contributed by atoms with E-state index in [1.54, 1.807) is 12.1 Å². The third-order valence-corrected chi connectivity index (χ3v) is 3.31. The summed E-state index contributed by atoms with van der Waals surface area (Å²) in [6.07, 6.45) is 2.49. The summed E-state index contributed by atoms with van der Waals surface area (Å²) in [5.74, 6) is 0.0310. The number of hydrogen-bond acceptors (Lipinski definition) is 3. The fourth-order valence-electron chi connectivity index (χ4n) is 2.04. The predicted octanol–water partition coefficient (Wildman–Crippen LogP) is 2.97. The first-order valence-corrected chi connectivity index (χ1v) is 6.26. The molecule has 0 amide bonds. The van der Waals surface area contributed by atoms with Gasteiger partial charge in [-0.15, -0.1) is 0 Å². The molecule has 0 saturated heterocycles. The lowest BCUT2D eigenvalue weighted by molar-refractivity contribution is -0.387. The number of rotatable bonds is 6. The molecule has 0 unspecified atom stereocenters. The van der Waals surface area contributed by atoms with Crippen molar-refractivity contribution < 1.29 is 9.31 Å². The van der Waals surface area contributed by atoms with Gasteiger partial charge >= 0.3 is 5.69 Å². The summed E-state index contributed by atoms with van der Waals surface area (Å²) >= 11 is 0. The Labute approximate surface area is 106 Å². The molecule has 4 nitrogen and oxygen atoms in total. The Kier molecular flexibility index (Phi) is 3.91. The third kappa shape index (κ3) is 3.04. The van der Waals surface area contributed by atoms with Crippen LogP contribution in [-0.2, 0) is 6.54 Å². The van der Waals surface area contributed by atoms with Gasteiger partial charge in [-0.05, 0) is 25.3 Å². The molecule has 1 aliphatic carbocycles. The van der Waals surface area contributed by atoms with Crippen LogP contribution in [0.2, 0.25) is 0 Å². The third-order valence-electron chi connectivity index (χ3n) is 3.31. The molecule has 0 bridgehead atoms. The maximum absolute atomic E-state index is 13.9. The van der Waals surface area contributed by atoms with Crippen LogP contribution >= 0.6 is 0 Å². The van der Waals surface area contributed by atoms with Gasteiger partial charge in [-0.3, -0.25) is 15.0 Å². The van der Waals surface area contributed by atoms with Crippen molar-refractivity contribution >= 4 is 5.69 Å². The Hall–Kier alpha value is -1.49. The van der Waals surface area contributed by atoms with Crippen molar-refractivity contribution in [2.24, 2.45) is 5.92 Å². The van der Waals surface area contributed by atoms with E-state index < -0.39 is 16.4 Å². The molecule has 0 atom stereocenters. The molecule has 1 aliphatic rings. The van der Waals surface area contributed by atoms with E-state index in [0.717, 1.165) is 19.0 Å². The first-order valence-electron chi connectivity index (χ1n) is 6.26. The van der Waals surface area contributed by atoms with E-state index in [1.807, 2.05) is 6.92 Å². The van der Waals surface area contributed by atoms with Gasteiger partial charge in [0.1, 0.15) is 0 Å². The molecule has 0 N–H and O–H groups in total. The normalized spacial score (nSPS) is 15.1. The predicted molar refractivity (Wildman–Crippen MR) is 66.7 cm³/mol. The second kappa shape index (κ2) is 5.44. The average Bonchev–Trinajstić information content (AvgIpc) is 3.14. The zero-order valence-electron chi connectivity index (χ0n) is 10.4. The first kappa shape index (κ1) is 13.0. The molecule has 98 valence electrons. The molecule has 0 radical (unpaired) electrons. The molecular weight excluding hydrogens is 235 g/mol. The van der Waals surface area contributed by atoms with Gasteiger partial charge in [-0.25, -0.2) is 0 Å². The monoisotopic (exact) mass is 252 g/mol. The van der Waals surface area contributed by atoms with Crippen LogP contribution in [0.3, 0.4) is 0 Å². The maximum Gasteiger partial charge on any atom is 0.305 e. The SMILES string of the molecule is CCN(Cc1cccc([N+](=O)[O-])c1F)CC1CC1. The maximum atomic E-state index is 13.9. The van der Waals surface area contributed by atoms with Gasteiger partial charge < -0.3 is 0 Å². The van der Waals surface area contributed by atoms with Crippen LogP contribution in [-0.4, -0.2) is 22.9 Å². The quantitative estimate of drug-likeness (QED) is 0.577. The summed E-state index contributed by atoms with van der Waals surface area (Å²) in [5.41, 5.74) is -0.0262. The van der Waals surface area contributed by atoms with Crippen molar-refractivity contribution in [1.29, 1.82) is 0 Å². The number of nitrogens with zero attached hydrogens (tertiary/aromatic N) is 2. The van der Waals surface area contributed by atoms with Crippen molar-refractivity contribution in [2.75, 3.05) is 13.1 Å². The van der Waals surface area contributed by atoms with Crippen LogP contribution in [0.5, 0.6) is 0 Å². The first-order chi connectivity index (χ1) is 8.61. The molecule has 1 aromatic rings. The Morgan fingerprint density at radius 2 is 2.22 bits per heavy atom. The van der Waals surface area contributed by atoms with Crippen molar-refractivity contribution in [3.63, 3.8) is 0 Å². The van der Waals surface area contributed by atoms with E-state index >= 15 is 0 Å². The van der Waals surface area contributed by atoms with Gasteiger partial charge in [0.25, 0.3) is 0 Å². The van der Waals surface area contributed by atoms with E-state index in [1.165, 1.54) is 18.9 Å². The minimum atomic E-state index is -0.697. The number of nitro benzene ring substituents is 1. The summed E-state index contributed by atoms with van der Waals surface area (Å²) in [4.78, 5) is 12.1. The van der Waals surface area contributed by atoms with Crippen LogP contribution in [0.1, 0.15) is 25.3 Å². The summed E-state index contributed by atoms with van der Waals surface area (Å²) in [6.45, 7) is 4.26. The summed E-state index contributed by atoms with van der Waals surface area (Å²) < 4.78 is 13.9. The fraction of sp³-hybridized carbons (Fsp3) is 0.538. The van der Waals surface area contributed by atoms with Gasteiger partial charge in [-0.1, -0.05) is 19.1 Å². The average molecular weight is 252 g/mol. The van der Waals surface area contributed by atoms with Gasteiger partial charge in [0.05, 0.1) is 4.92 Å². The van der Waals surface area contributed by atoms with Gasteiger partial charge in [0.2, 0.25) is 5.82 Å². The van der Waals surface area contributed by atoms with Crippen LogP contribution in [0.4, 0.5) is 10.1 Å². The van der Waals surface area contributed by atoms with Crippen molar-refractivity contribution in [1.82, 2.24) is 4.90 Å². The van der Waals surface area contributed by atoms with Gasteiger partial charge in [0, 0.05) is 24.7 Å². The minimum Gasteiger partial charge on any atom is -0.299 e. The van der Waals surface area contributed by atoms with Crippen LogP contribution < -0.4 is 0 Å².